The maximum atomic E-state index is 5.60. The zero-order chi connectivity index (χ0) is 6.91. The van der Waals surface area contributed by atoms with Crippen LogP contribution in [0.2, 0.25) is 0 Å². The second-order valence-corrected chi connectivity index (χ2v) is 3.50. The van der Waals surface area contributed by atoms with Crippen molar-refractivity contribution in [2.24, 2.45) is 0 Å². The van der Waals surface area contributed by atoms with Gasteiger partial charge in [-0.1, -0.05) is 0 Å². The third-order valence-electron chi connectivity index (χ3n) is 1.53. The third kappa shape index (κ3) is 1.81. The van der Waals surface area contributed by atoms with Gasteiger partial charge < -0.3 is 9.22 Å². The van der Waals surface area contributed by atoms with Gasteiger partial charge in [0.15, 0.2) is 6.73 Å². The van der Waals surface area contributed by atoms with Crippen molar-refractivity contribution in [3.05, 3.63) is 0 Å². The van der Waals surface area contributed by atoms with E-state index in [1.165, 1.54) is 0 Å². The molecule has 0 bridgehead atoms. The predicted octanol–water partition coefficient (Wildman–Crippen LogP) is 0.658. The van der Waals surface area contributed by atoms with Crippen LogP contribution >= 0.6 is 11.6 Å². The van der Waals surface area contributed by atoms with Crippen LogP contribution in [0.5, 0.6) is 0 Å². The highest BCUT2D eigenvalue weighted by Crippen LogP contribution is 2.13. The normalized spacial score (nSPS) is 33.0. The molecule has 0 radical (unpaired) electrons. The van der Waals surface area contributed by atoms with E-state index in [-0.39, 0.29) is 6.10 Å². The second kappa shape index (κ2) is 2.45. The van der Waals surface area contributed by atoms with Crippen LogP contribution in [0.25, 0.3) is 0 Å². The van der Waals surface area contributed by atoms with Gasteiger partial charge in [-0.05, 0) is 0 Å². The molecule has 0 aromatic heterocycles. The van der Waals surface area contributed by atoms with Crippen molar-refractivity contribution in [3.63, 3.8) is 0 Å². The molecule has 0 spiro atoms. The molecule has 0 saturated carbocycles. The van der Waals surface area contributed by atoms with Gasteiger partial charge >= 0.3 is 0 Å². The fourth-order valence-electron chi connectivity index (χ4n) is 1.06. The highest BCUT2D eigenvalue weighted by molar-refractivity contribution is 6.18. The largest absolute Gasteiger partial charge is 0.321 e. The minimum atomic E-state index is 0.279. The van der Waals surface area contributed by atoms with Crippen molar-refractivity contribution in [1.82, 2.24) is 0 Å². The van der Waals surface area contributed by atoms with Gasteiger partial charge in [0.25, 0.3) is 0 Å². The molecule has 0 amide bonds. The number of likely N-dealkylation sites (N-methyl/N-ethyl adjacent to an activating group) is 1. The molecule has 3 heteroatoms. The number of nitrogens with zero attached hydrogens (tertiary/aromatic N) is 1. The summed E-state index contributed by atoms with van der Waals surface area (Å²) in [4.78, 5) is 0. The Morgan fingerprint density at radius 1 is 1.67 bits per heavy atom. The number of halogens is 1. The molecule has 1 heterocycles. The van der Waals surface area contributed by atoms with E-state index in [1.54, 1.807) is 0 Å². The number of alkyl halides is 1. The lowest BCUT2D eigenvalue weighted by atomic mass is 10.4. The Balaban J connectivity index is 2.38. The molecule has 1 fully saturated rings. The van der Waals surface area contributed by atoms with E-state index >= 15 is 0 Å². The molecule has 54 valence electrons. The van der Waals surface area contributed by atoms with Gasteiger partial charge in [0.2, 0.25) is 0 Å². The van der Waals surface area contributed by atoms with Gasteiger partial charge in [-0.3, -0.25) is 0 Å². The van der Waals surface area contributed by atoms with Gasteiger partial charge in [-0.25, -0.2) is 0 Å². The van der Waals surface area contributed by atoms with Crippen molar-refractivity contribution >= 4 is 11.6 Å². The van der Waals surface area contributed by atoms with Crippen LogP contribution in [0.3, 0.4) is 0 Å². The van der Waals surface area contributed by atoms with Gasteiger partial charge in [-0.15, -0.1) is 11.6 Å². The summed E-state index contributed by atoms with van der Waals surface area (Å²) in [7, 11) is 4.29. The van der Waals surface area contributed by atoms with Gasteiger partial charge in [-0.2, -0.15) is 0 Å². The predicted molar refractivity (Wildman–Crippen MR) is 37.4 cm³/mol. The highest BCUT2D eigenvalue weighted by Gasteiger charge is 2.30. The summed E-state index contributed by atoms with van der Waals surface area (Å²) in [6, 6.07) is 0. The van der Waals surface area contributed by atoms with E-state index in [0.29, 0.717) is 5.88 Å². The maximum Gasteiger partial charge on any atom is 0.183 e. The third-order valence-corrected chi connectivity index (χ3v) is 1.87. The minimum absolute atomic E-state index is 0.279. The van der Waals surface area contributed by atoms with E-state index in [1.807, 2.05) is 0 Å². The molecule has 1 aliphatic heterocycles. The Morgan fingerprint density at radius 2 is 2.33 bits per heavy atom. The molecular formula is C6H13ClNO+. The van der Waals surface area contributed by atoms with Gasteiger partial charge in [0, 0.05) is 0 Å². The minimum Gasteiger partial charge on any atom is -0.321 e. The number of hydrogen-bond acceptors (Lipinski definition) is 1. The van der Waals surface area contributed by atoms with Gasteiger partial charge in [0.05, 0.1) is 20.0 Å². The van der Waals surface area contributed by atoms with Crippen LogP contribution in [-0.4, -0.2) is 43.8 Å². The van der Waals surface area contributed by atoms with Crippen molar-refractivity contribution < 1.29 is 9.22 Å². The molecule has 1 atom stereocenters. The standard InChI is InChI=1S/C6H13ClNO/c1-8(2)4-6(3-7)9-5-8/h6H,3-5H2,1-2H3/q+1. The fourth-order valence-corrected chi connectivity index (χ4v) is 1.24. The second-order valence-electron chi connectivity index (χ2n) is 3.19. The topological polar surface area (TPSA) is 9.23 Å². The lowest BCUT2D eigenvalue weighted by Gasteiger charge is -2.19. The summed E-state index contributed by atoms with van der Waals surface area (Å²) in [6.07, 6.45) is 0.279. The summed E-state index contributed by atoms with van der Waals surface area (Å²) < 4.78 is 6.30. The molecule has 1 rings (SSSR count). The smallest absolute Gasteiger partial charge is 0.183 e. The molecule has 0 aliphatic carbocycles. The first-order valence-corrected chi connectivity index (χ1v) is 3.67. The fraction of sp³-hybridized carbons (Fsp3) is 1.00. The van der Waals surface area contributed by atoms with E-state index < -0.39 is 0 Å². The van der Waals surface area contributed by atoms with E-state index in [9.17, 15) is 0 Å². The summed E-state index contributed by atoms with van der Waals surface area (Å²) in [5.41, 5.74) is 0. The highest BCUT2D eigenvalue weighted by atomic mass is 35.5. The van der Waals surface area contributed by atoms with Crippen molar-refractivity contribution in [1.29, 1.82) is 0 Å². The molecule has 9 heavy (non-hydrogen) atoms. The van der Waals surface area contributed by atoms with Crippen molar-refractivity contribution in [2.45, 2.75) is 6.10 Å². The Hall–Kier alpha value is 0.210. The van der Waals surface area contributed by atoms with Crippen molar-refractivity contribution in [2.75, 3.05) is 33.3 Å². The molecule has 2 nitrogen and oxygen atoms in total. The number of quaternary nitrogens is 1. The summed E-state index contributed by atoms with van der Waals surface area (Å²) in [6.45, 7) is 1.85. The number of ether oxygens (including phenoxy) is 1. The Kier molecular flexibility index (Phi) is 1.99. The first-order chi connectivity index (χ1) is 4.14. The number of hydrogen-bond donors (Lipinski definition) is 0. The van der Waals surface area contributed by atoms with Gasteiger partial charge in [0.1, 0.15) is 12.6 Å². The quantitative estimate of drug-likeness (QED) is 0.394. The van der Waals surface area contributed by atoms with Crippen LogP contribution in [0.4, 0.5) is 0 Å². The summed E-state index contributed by atoms with van der Waals surface area (Å²) in [5, 5.41) is 0. The van der Waals surface area contributed by atoms with Crippen LogP contribution in [-0.2, 0) is 4.74 Å². The lowest BCUT2D eigenvalue weighted by molar-refractivity contribution is -0.887. The van der Waals surface area contributed by atoms with Crippen LogP contribution in [0, 0.1) is 0 Å². The first kappa shape index (κ1) is 7.32. The monoisotopic (exact) mass is 150 g/mol. The molecule has 1 unspecified atom stereocenters. The van der Waals surface area contributed by atoms with Crippen LogP contribution < -0.4 is 0 Å². The van der Waals surface area contributed by atoms with E-state index in [4.69, 9.17) is 16.3 Å². The zero-order valence-corrected chi connectivity index (χ0v) is 6.69. The maximum absolute atomic E-state index is 5.60. The summed E-state index contributed by atoms with van der Waals surface area (Å²) >= 11 is 5.60. The molecule has 0 aromatic carbocycles. The lowest BCUT2D eigenvalue weighted by Crippen LogP contribution is -2.37. The van der Waals surface area contributed by atoms with Crippen LogP contribution in [0.1, 0.15) is 0 Å². The molecular weight excluding hydrogens is 138 g/mol. The molecule has 1 saturated heterocycles. The SMILES string of the molecule is C[N+]1(C)COC(CCl)C1. The average Bonchev–Trinajstić information content (AvgIpc) is 2.10. The zero-order valence-electron chi connectivity index (χ0n) is 5.93. The number of rotatable bonds is 1. The van der Waals surface area contributed by atoms with Crippen LogP contribution in [0.15, 0.2) is 0 Å². The molecule has 0 aromatic rings. The van der Waals surface area contributed by atoms with Crippen molar-refractivity contribution in [3.8, 4) is 0 Å². The summed E-state index contributed by atoms with van der Waals surface area (Å²) in [5.74, 6) is 0.627. The van der Waals surface area contributed by atoms with E-state index in [2.05, 4.69) is 14.1 Å². The Morgan fingerprint density at radius 3 is 2.56 bits per heavy atom. The molecule has 1 aliphatic rings. The molecule has 0 N–H and O–H groups in total. The average molecular weight is 151 g/mol. The Bertz CT molecular complexity index is 105. The Labute approximate surface area is 60.9 Å². The van der Waals surface area contributed by atoms with E-state index in [0.717, 1.165) is 17.8 Å². The first-order valence-electron chi connectivity index (χ1n) is 3.14.